The summed E-state index contributed by atoms with van der Waals surface area (Å²) in [5.41, 5.74) is -1.09. The normalized spacial score (nSPS) is 25.6. The fourth-order valence-corrected chi connectivity index (χ4v) is 3.53. The molecule has 0 aromatic heterocycles. The minimum Gasteiger partial charge on any atom is -0.382 e. The molecule has 0 aromatic carbocycles. The maximum atomic E-state index is 12.6. The van der Waals surface area contributed by atoms with Gasteiger partial charge < -0.3 is 15.0 Å². The highest BCUT2D eigenvalue weighted by molar-refractivity contribution is 6.08. The Morgan fingerprint density at radius 1 is 1.35 bits per heavy atom. The van der Waals surface area contributed by atoms with Crippen LogP contribution in [0.5, 0.6) is 0 Å². The molecule has 0 aromatic rings. The maximum Gasteiger partial charge on any atom is 0.325 e. The lowest BCUT2D eigenvalue weighted by atomic mass is 9.94. The van der Waals surface area contributed by atoms with Gasteiger partial charge in [0.2, 0.25) is 5.91 Å². The number of carbonyl (C=O) groups excluding carboxylic acids is 3. The number of carbonyl (C=O) groups is 3. The fourth-order valence-electron chi connectivity index (χ4n) is 3.53. The maximum absolute atomic E-state index is 12.6. The second kappa shape index (κ2) is 7.29. The van der Waals surface area contributed by atoms with Gasteiger partial charge in [0.05, 0.1) is 6.61 Å². The molecule has 0 unspecified atom stereocenters. The van der Waals surface area contributed by atoms with Crippen LogP contribution >= 0.6 is 0 Å². The highest BCUT2D eigenvalue weighted by Gasteiger charge is 2.48. The second-order valence-electron chi connectivity index (χ2n) is 6.56. The molecule has 1 saturated heterocycles. The van der Waals surface area contributed by atoms with Gasteiger partial charge in [-0.25, -0.2) is 4.79 Å². The van der Waals surface area contributed by atoms with Crippen LogP contribution in [0.4, 0.5) is 4.79 Å². The number of likely N-dealkylation sites (N-methyl/N-ethyl adjacent to an activating group) is 1. The Kier molecular flexibility index (Phi) is 5.62. The molecule has 0 bridgehead atoms. The number of rotatable bonds is 6. The van der Waals surface area contributed by atoms with Crippen molar-refractivity contribution in [2.75, 3.05) is 26.8 Å². The molecule has 2 rings (SSSR count). The Hall–Kier alpha value is -1.63. The minimum atomic E-state index is -1.09. The van der Waals surface area contributed by atoms with E-state index in [-0.39, 0.29) is 25.1 Å². The SMILES string of the molecule is CCN(C(=O)CN1C(=O)N[C@](C)(COC)C1=O)C1CCCCC1. The highest BCUT2D eigenvalue weighted by Crippen LogP contribution is 2.23. The molecule has 130 valence electrons. The third kappa shape index (κ3) is 3.65. The van der Waals surface area contributed by atoms with Gasteiger partial charge in [-0.3, -0.25) is 14.5 Å². The molecule has 4 amide bonds. The number of hydrogen-bond acceptors (Lipinski definition) is 4. The summed E-state index contributed by atoms with van der Waals surface area (Å²) in [6, 6.07) is -0.296. The number of nitrogens with one attached hydrogen (secondary N) is 1. The molecule has 23 heavy (non-hydrogen) atoms. The molecule has 1 N–H and O–H groups in total. The van der Waals surface area contributed by atoms with Crippen LogP contribution in [0.15, 0.2) is 0 Å². The molecular weight excluding hydrogens is 298 g/mol. The Morgan fingerprint density at radius 2 is 2.00 bits per heavy atom. The van der Waals surface area contributed by atoms with Crippen LogP contribution in [0, 0.1) is 0 Å². The zero-order valence-electron chi connectivity index (χ0n) is 14.3. The predicted octanol–water partition coefficient (Wildman–Crippen LogP) is 1.12. The summed E-state index contributed by atoms with van der Waals surface area (Å²) in [7, 11) is 1.47. The summed E-state index contributed by atoms with van der Waals surface area (Å²) in [4.78, 5) is 39.9. The van der Waals surface area contributed by atoms with E-state index >= 15 is 0 Å². The average Bonchev–Trinajstić information content (AvgIpc) is 2.73. The van der Waals surface area contributed by atoms with Gasteiger partial charge in [0, 0.05) is 19.7 Å². The number of methoxy groups -OCH3 is 1. The van der Waals surface area contributed by atoms with Crippen LogP contribution in [0.1, 0.15) is 46.0 Å². The van der Waals surface area contributed by atoms with Crippen LogP contribution in [-0.4, -0.2) is 66.0 Å². The van der Waals surface area contributed by atoms with Crippen molar-refractivity contribution in [3.63, 3.8) is 0 Å². The summed E-state index contributed by atoms with van der Waals surface area (Å²) in [6.45, 7) is 4.03. The van der Waals surface area contributed by atoms with Crippen LogP contribution in [0.25, 0.3) is 0 Å². The molecule has 7 heteroatoms. The molecule has 2 aliphatic rings. The highest BCUT2D eigenvalue weighted by atomic mass is 16.5. The van der Waals surface area contributed by atoms with Crippen molar-refractivity contribution in [3.8, 4) is 0 Å². The van der Waals surface area contributed by atoms with Crippen LogP contribution < -0.4 is 5.32 Å². The number of nitrogens with zero attached hydrogens (tertiary/aromatic N) is 2. The van der Waals surface area contributed by atoms with Crippen molar-refractivity contribution in [2.45, 2.75) is 57.5 Å². The third-order valence-corrected chi connectivity index (χ3v) is 4.75. The number of imide groups is 1. The third-order valence-electron chi connectivity index (χ3n) is 4.75. The topological polar surface area (TPSA) is 79.0 Å². The Morgan fingerprint density at radius 3 is 2.57 bits per heavy atom. The zero-order chi connectivity index (χ0) is 17.0. The monoisotopic (exact) mass is 325 g/mol. The van der Waals surface area contributed by atoms with Gasteiger partial charge in [-0.05, 0) is 26.7 Å². The van der Waals surface area contributed by atoms with Gasteiger partial charge in [0.25, 0.3) is 5.91 Å². The van der Waals surface area contributed by atoms with Crippen molar-refractivity contribution < 1.29 is 19.1 Å². The van der Waals surface area contributed by atoms with Crippen LogP contribution in [-0.2, 0) is 14.3 Å². The van der Waals surface area contributed by atoms with E-state index in [1.807, 2.05) is 11.8 Å². The van der Waals surface area contributed by atoms with E-state index in [2.05, 4.69) is 5.32 Å². The number of urea groups is 1. The van der Waals surface area contributed by atoms with Crippen LogP contribution in [0.2, 0.25) is 0 Å². The first-order valence-electron chi connectivity index (χ1n) is 8.35. The van der Waals surface area contributed by atoms with Gasteiger partial charge in [0.1, 0.15) is 12.1 Å². The molecule has 1 atom stereocenters. The van der Waals surface area contributed by atoms with E-state index in [0.29, 0.717) is 6.54 Å². The predicted molar refractivity (Wildman–Crippen MR) is 84.8 cm³/mol. The van der Waals surface area contributed by atoms with Crippen LogP contribution in [0.3, 0.4) is 0 Å². The Labute approximate surface area is 137 Å². The van der Waals surface area contributed by atoms with Crippen molar-refractivity contribution in [1.82, 2.24) is 15.1 Å². The van der Waals surface area contributed by atoms with Crippen molar-refractivity contribution >= 4 is 17.8 Å². The molecule has 7 nitrogen and oxygen atoms in total. The molecule has 1 heterocycles. The Balaban J connectivity index is 2.03. The first-order valence-corrected chi connectivity index (χ1v) is 8.35. The molecule has 2 fully saturated rings. The van der Waals surface area contributed by atoms with Gasteiger partial charge in [-0.1, -0.05) is 19.3 Å². The molecule has 1 saturated carbocycles. The number of ether oxygens (including phenoxy) is 1. The van der Waals surface area contributed by atoms with E-state index < -0.39 is 17.5 Å². The summed E-state index contributed by atoms with van der Waals surface area (Å²) in [6.07, 6.45) is 5.47. The first-order chi connectivity index (χ1) is 10.9. The second-order valence-corrected chi connectivity index (χ2v) is 6.56. The smallest absolute Gasteiger partial charge is 0.325 e. The lowest BCUT2D eigenvalue weighted by Crippen LogP contribution is -2.50. The van der Waals surface area contributed by atoms with E-state index in [1.165, 1.54) is 13.5 Å². The van der Waals surface area contributed by atoms with Crippen molar-refractivity contribution in [3.05, 3.63) is 0 Å². The summed E-state index contributed by atoms with van der Waals surface area (Å²) in [5.74, 6) is -0.568. The molecule has 1 aliphatic heterocycles. The standard InChI is InChI=1S/C16H27N3O4/c1-4-18(12-8-6-5-7-9-12)13(20)10-19-14(21)16(2,11-23-3)17-15(19)22/h12H,4-11H2,1-3H3,(H,17,22)/t16-/m1/s1. The van der Waals surface area contributed by atoms with Gasteiger partial charge in [0.15, 0.2) is 0 Å². The van der Waals surface area contributed by atoms with E-state index in [4.69, 9.17) is 4.74 Å². The Bertz CT molecular complexity index is 476. The lowest BCUT2D eigenvalue weighted by molar-refractivity contribution is -0.141. The number of hydrogen-bond donors (Lipinski definition) is 1. The molecule has 1 aliphatic carbocycles. The van der Waals surface area contributed by atoms with E-state index in [1.54, 1.807) is 6.92 Å². The zero-order valence-corrected chi connectivity index (χ0v) is 14.3. The largest absolute Gasteiger partial charge is 0.382 e. The molecule has 0 spiro atoms. The van der Waals surface area contributed by atoms with Crippen molar-refractivity contribution in [1.29, 1.82) is 0 Å². The van der Waals surface area contributed by atoms with Gasteiger partial charge in [-0.2, -0.15) is 0 Å². The van der Waals surface area contributed by atoms with Gasteiger partial charge in [-0.15, -0.1) is 0 Å². The van der Waals surface area contributed by atoms with Gasteiger partial charge >= 0.3 is 6.03 Å². The fraction of sp³-hybridized carbons (Fsp3) is 0.812. The lowest BCUT2D eigenvalue weighted by Gasteiger charge is -2.34. The summed E-state index contributed by atoms with van der Waals surface area (Å²) in [5, 5.41) is 2.61. The molecular formula is C16H27N3O4. The summed E-state index contributed by atoms with van der Waals surface area (Å²) < 4.78 is 5.01. The molecule has 0 radical (unpaired) electrons. The summed E-state index contributed by atoms with van der Waals surface area (Å²) >= 11 is 0. The van der Waals surface area contributed by atoms with E-state index in [0.717, 1.165) is 30.6 Å². The minimum absolute atomic E-state index is 0.0857. The average molecular weight is 325 g/mol. The van der Waals surface area contributed by atoms with E-state index in [9.17, 15) is 14.4 Å². The number of amides is 4. The quantitative estimate of drug-likeness (QED) is 0.742. The van der Waals surface area contributed by atoms with Crippen molar-refractivity contribution in [2.24, 2.45) is 0 Å². The first kappa shape index (κ1) is 17.7.